The number of nitrogens with one attached hydrogen (secondary N) is 1. The highest BCUT2D eigenvalue weighted by molar-refractivity contribution is 6.35. The van der Waals surface area contributed by atoms with E-state index in [-0.39, 0.29) is 30.5 Å². The van der Waals surface area contributed by atoms with Gasteiger partial charge in [0.05, 0.1) is 31.2 Å². The van der Waals surface area contributed by atoms with Gasteiger partial charge in [0.2, 0.25) is 5.91 Å². The van der Waals surface area contributed by atoms with E-state index in [0.717, 1.165) is 11.1 Å². The molecule has 2 fully saturated rings. The Labute approximate surface area is 264 Å². The molecular formula is C33H45ClN2O8. The van der Waals surface area contributed by atoms with Gasteiger partial charge in [-0.15, -0.1) is 0 Å². The van der Waals surface area contributed by atoms with Crippen LogP contribution in [0.5, 0.6) is 5.75 Å². The van der Waals surface area contributed by atoms with Gasteiger partial charge in [-0.1, -0.05) is 56.2 Å². The molecule has 7 atom stereocenters. The fourth-order valence-corrected chi connectivity index (χ4v) is 6.30. The lowest BCUT2D eigenvalue weighted by atomic mass is 9.83. The first-order chi connectivity index (χ1) is 20.6. The van der Waals surface area contributed by atoms with Crippen LogP contribution in [0.15, 0.2) is 48.4 Å². The van der Waals surface area contributed by atoms with Crippen molar-refractivity contribution in [1.29, 1.82) is 0 Å². The highest BCUT2D eigenvalue weighted by Gasteiger charge is 2.64. The standard InChI is InChI=1S/C33H45ClN2O8/c1-18(2)31(38)43-27-16-28(37)36(7)23-14-22(15-24(40-8)29(23)34)13-19(3)11-10-12-26(41-9)33(39)17-25(42-21(5)35-33)20(4)30-32(27,6)44-30/h10-12,14-15,18,20,25-27,30,35,39H,5,13,16-17H2,1-4,6-9H3/b12-10+,19-11+. The maximum Gasteiger partial charge on any atom is 0.308 e. The van der Waals surface area contributed by atoms with Crippen molar-refractivity contribution in [3.8, 4) is 5.75 Å². The molecule has 2 saturated heterocycles. The molecule has 242 valence electrons. The molecule has 1 aromatic carbocycles. The second-order valence-electron chi connectivity index (χ2n) is 12.5. The van der Waals surface area contributed by atoms with Crippen LogP contribution in [-0.2, 0) is 35.0 Å². The van der Waals surface area contributed by atoms with Crippen LogP contribution < -0.4 is 15.0 Å². The van der Waals surface area contributed by atoms with Gasteiger partial charge in [0.25, 0.3) is 0 Å². The predicted octanol–water partition coefficient (Wildman–Crippen LogP) is 4.67. The minimum absolute atomic E-state index is 0.143. The zero-order valence-electron chi connectivity index (χ0n) is 26.8. The second kappa shape index (κ2) is 13.1. The molecular weight excluding hydrogens is 588 g/mol. The Bertz CT molecular complexity index is 1350. The third-order valence-electron chi connectivity index (χ3n) is 8.75. The normalized spacial score (nSPS) is 34.7. The van der Waals surface area contributed by atoms with E-state index < -0.39 is 47.6 Å². The van der Waals surface area contributed by atoms with E-state index in [1.54, 1.807) is 27.0 Å². The van der Waals surface area contributed by atoms with Crippen LogP contribution in [0, 0.1) is 11.8 Å². The van der Waals surface area contributed by atoms with Gasteiger partial charge in [-0.25, -0.2) is 0 Å². The number of amides is 1. The topological polar surface area (TPSA) is 119 Å². The quantitative estimate of drug-likeness (QED) is 0.360. The van der Waals surface area contributed by atoms with Gasteiger partial charge in [-0.3, -0.25) is 9.59 Å². The van der Waals surface area contributed by atoms with Crippen LogP contribution in [0.4, 0.5) is 5.69 Å². The van der Waals surface area contributed by atoms with Crippen molar-refractivity contribution in [3.05, 3.63) is 59.0 Å². The Morgan fingerprint density at radius 1 is 1.30 bits per heavy atom. The van der Waals surface area contributed by atoms with E-state index in [1.807, 2.05) is 45.1 Å². The van der Waals surface area contributed by atoms with E-state index in [0.29, 0.717) is 22.9 Å². The van der Waals surface area contributed by atoms with Crippen molar-refractivity contribution in [2.75, 3.05) is 26.2 Å². The van der Waals surface area contributed by atoms with Crippen molar-refractivity contribution < 1.29 is 38.4 Å². The number of allylic oxidation sites excluding steroid dienone is 3. The highest BCUT2D eigenvalue weighted by atomic mass is 35.5. The van der Waals surface area contributed by atoms with Crippen molar-refractivity contribution in [2.24, 2.45) is 11.8 Å². The summed E-state index contributed by atoms with van der Waals surface area (Å²) in [5.74, 6) is -0.799. The van der Waals surface area contributed by atoms with Crippen LogP contribution >= 0.6 is 11.6 Å². The van der Waals surface area contributed by atoms with E-state index in [4.69, 9.17) is 35.3 Å². The van der Waals surface area contributed by atoms with Crippen LogP contribution in [0.1, 0.15) is 53.0 Å². The summed E-state index contributed by atoms with van der Waals surface area (Å²) in [4.78, 5) is 28.1. The molecule has 1 amide bonds. The van der Waals surface area contributed by atoms with Crippen LogP contribution in [0.2, 0.25) is 5.02 Å². The number of halogens is 1. The first kappa shape index (κ1) is 33.8. The summed E-state index contributed by atoms with van der Waals surface area (Å²) in [5.41, 5.74) is -0.145. The minimum atomic E-state index is -1.52. The average Bonchev–Trinajstić information content (AvgIpc) is 3.66. The maximum atomic E-state index is 13.8. The SMILES string of the molecule is C=C1NC2(O)CC(O1)C(C)C1OC1(C)C(OC(=O)C(C)C)CC(=O)N(C)c1cc(cc(OC)c1Cl)C/C(C)=C/C=C/C2OC. The van der Waals surface area contributed by atoms with Gasteiger partial charge in [0.15, 0.2) is 11.6 Å². The maximum absolute atomic E-state index is 13.8. The number of rotatable bonds is 4. The molecule has 11 heteroatoms. The predicted molar refractivity (Wildman–Crippen MR) is 167 cm³/mol. The summed E-state index contributed by atoms with van der Waals surface area (Å²) in [7, 11) is 4.69. The van der Waals surface area contributed by atoms with Gasteiger partial charge >= 0.3 is 5.97 Å². The summed E-state index contributed by atoms with van der Waals surface area (Å²) >= 11 is 6.70. The third-order valence-corrected chi connectivity index (χ3v) is 9.13. The Morgan fingerprint density at radius 3 is 2.64 bits per heavy atom. The van der Waals surface area contributed by atoms with Crippen LogP contribution in [-0.4, -0.2) is 74.0 Å². The largest absolute Gasteiger partial charge is 0.495 e. The molecule has 1 aromatic rings. The van der Waals surface area contributed by atoms with E-state index in [1.165, 1.54) is 19.1 Å². The van der Waals surface area contributed by atoms with Gasteiger partial charge in [0.1, 0.15) is 34.7 Å². The number of nitrogens with zero attached hydrogens (tertiary/aromatic N) is 1. The molecule has 0 radical (unpaired) electrons. The number of methoxy groups -OCH3 is 2. The van der Waals surface area contributed by atoms with E-state index >= 15 is 0 Å². The van der Waals surface area contributed by atoms with Gasteiger partial charge in [-0.2, -0.15) is 0 Å². The number of aliphatic hydroxyl groups is 1. The molecule has 44 heavy (non-hydrogen) atoms. The Hall–Kier alpha value is -3.05. The Kier molecular flexibility index (Phi) is 10.1. The van der Waals surface area contributed by atoms with Gasteiger partial charge in [0, 0.05) is 26.5 Å². The number of fused-ring (bicyclic) bond motifs is 5. The van der Waals surface area contributed by atoms with Gasteiger partial charge in [-0.05, 0) is 44.5 Å². The van der Waals surface area contributed by atoms with Crippen molar-refractivity contribution in [1.82, 2.24) is 5.32 Å². The Balaban J connectivity index is 1.80. The van der Waals surface area contributed by atoms with Crippen LogP contribution in [0.3, 0.4) is 0 Å². The molecule has 0 aromatic heterocycles. The van der Waals surface area contributed by atoms with Crippen molar-refractivity contribution >= 4 is 29.2 Å². The molecule has 0 saturated carbocycles. The first-order valence-electron chi connectivity index (χ1n) is 14.9. The fraction of sp³-hybridized carbons (Fsp3) is 0.576. The molecule has 0 aliphatic carbocycles. The summed E-state index contributed by atoms with van der Waals surface area (Å²) in [6.45, 7) is 13.2. The number of carbonyl (C=O) groups excluding carboxylic acids is 2. The zero-order chi connectivity index (χ0) is 32.6. The molecule has 2 N–H and O–H groups in total. The second-order valence-corrected chi connectivity index (χ2v) is 12.9. The monoisotopic (exact) mass is 632 g/mol. The number of epoxide rings is 1. The lowest BCUT2D eigenvalue weighted by Crippen LogP contribution is -2.60. The fourth-order valence-electron chi connectivity index (χ4n) is 5.99. The summed E-state index contributed by atoms with van der Waals surface area (Å²) in [6.07, 6.45) is 3.53. The Morgan fingerprint density at radius 2 is 2.00 bits per heavy atom. The third kappa shape index (κ3) is 6.93. The summed E-state index contributed by atoms with van der Waals surface area (Å²) in [6, 6.07) is 3.69. The minimum Gasteiger partial charge on any atom is -0.495 e. The number of carbonyl (C=O) groups is 2. The van der Waals surface area contributed by atoms with Crippen molar-refractivity contribution in [3.63, 3.8) is 0 Å². The van der Waals surface area contributed by atoms with Crippen molar-refractivity contribution in [2.45, 2.75) is 89.6 Å². The molecule has 3 aliphatic heterocycles. The molecule has 10 nitrogen and oxygen atoms in total. The number of hydrogen-bond donors (Lipinski definition) is 2. The number of benzene rings is 1. The van der Waals surface area contributed by atoms with Crippen LogP contribution in [0.25, 0.3) is 0 Å². The lowest BCUT2D eigenvalue weighted by molar-refractivity contribution is -0.159. The molecule has 4 rings (SSSR count). The molecule has 7 unspecified atom stereocenters. The smallest absolute Gasteiger partial charge is 0.308 e. The first-order valence-corrected chi connectivity index (χ1v) is 15.3. The summed E-state index contributed by atoms with van der Waals surface area (Å²) in [5, 5.41) is 15.0. The molecule has 3 aliphatic rings. The lowest BCUT2D eigenvalue weighted by Gasteiger charge is -2.44. The molecule has 0 spiro atoms. The molecule has 4 bridgehead atoms. The molecule has 3 heterocycles. The zero-order valence-corrected chi connectivity index (χ0v) is 27.6. The number of esters is 1. The summed E-state index contributed by atoms with van der Waals surface area (Å²) < 4.78 is 29.5. The number of hydrogen-bond acceptors (Lipinski definition) is 9. The van der Waals surface area contributed by atoms with E-state index in [2.05, 4.69) is 11.9 Å². The van der Waals surface area contributed by atoms with E-state index in [9.17, 15) is 14.7 Å². The highest BCUT2D eigenvalue weighted by Crippen LogP contribution is 2.49. The number of anilines is 1. The average molecular weight is 633 g/mol. The van der Waals surface area contributed by atoms with Gasteiger partial charge < -0.3 is 39.0 Å². The number of ether oxygens (including phenoxy) is 5.